The minimum atomic E-state index is -4.28. The summed E-state index contributed by atoms with van der Waals surface area (Å²) in [6, 6.07) is 8.57. The van der Waals surface area contributed by atoms with Crippen LogP contribution in [-0.4, -0.2) is 76.9 Å². The molecule has 250 valence electrons. The number of anilines is 1. The second-order valence-electron chi connectivity index (χ2n) is 14.2. The fourth-order valence-electron chi connectivity index (χ4n) is 7.96. The van der Waals surface area contributed by atoms with Gasteiger partial charge in [0.05, 0.1) is 24.6 Å². The van der Waals surface area contributed by atoms with E-state index in [1.807, 2.05) is 34.6 Å². The third kappa shape index (κ3) is 4.89. The van der Waals surface area contributed by atoms with Gasteiger partial charge in [-0.3, -0.25) is 4.79 Å². The van der Waals surface area contributed by atoms with Crippen LogP contribution in [0.3, 0.4) is 0 Å². The lowest BCUT2D eigenvalue weighted by Crippen LogP contribution is -2.59. The molecule has 2 atom stereocenters. The third-order valence-electron chi connectivity index (χ3n) is 10.7. The van der Waals surface area contributed by atoms with Crippen molar-refractivity contribution < 1.29 is 26.7 Å². The summed E-state index contributed by atoms with van der Waals surface area (Å²) in [5.41, 5.74) is 9.25. The smallest absolute Gasteiger partial charge is 0.329 e. The van der Waals surface area contributed by atoms with Crippen LogP contribution in [0.25, 0.3) is 33.6 Å². The zero-order valence-corrected chi connectivity index (χ0v) is 27.5. The zero-order valence-electron chi connectivity index (χ0n) is 26.7. The average Bonchev–Trinajstić information content (AvgIpc) is 3.62. The number of aromatic nitrogens is 4. The molecule has 4 saturated carbocycles. The molecule has 0 unspecified atom stereocenters. The van der Waals surface area contributed by atoms with Gasteiger partial charge in [-0.05, 0) is 94.0 Å². The number of rotatable bonds is 9. The SMILES string of the molecule is COc1cc(C(=O)N2C[C@H](N)CC[C@@H]2C)cc2nc(-c3cc4ccc(N(C(F)F)S(C)(=O)=O)nc4n3CC3CC3)n(C34CC(C3)C4)c12. The van der Waals surface area contributed by atoms with Gasteiger partial charge in [0.25, 0.3) is 5.91 Å². The van der Waals surface area contributed by atoms with Crippen molar-refractivity contribution in [3.63, 3.8) is 0 Å². The summed E-state index contributed by atoms with van der Waals surface area (Å²) in [6.07, 6.45) is 7.58. The number of nitrogens with two attached hydrogens (primary N) is 1. The van der Waals surface area contributed by atoms with Crippen LogP contribution in [0.2, 0.25) is 0 Å². The molecular formula is C33H39F2N7O4S. The van der Waals surface area contributed by atoms with Crippen molar-refractivity contribution in [1.29, 1.82) is 0 Å². The van der Waals surface area contributed by atoms with E-state index in [0.29, 0.717) is 58.6 Å². The monoisotopic (exact) mass is 667 g/mol. The predicted molar refractivity (Wildman–Crippen MR) is 174 cm³/mol. The Kier molecular flexibility index (Phi) is 6.90. The minimum absolute atomic E-state index is 0.0527. The number of methoxy groups -OCH3 is 1. The molecule has 14 heteroatoms. The largest absolute Gasteiger partial charge is 0.494 e. The lowest BCUT2D eigenvalue weighted by Gasteiger charge is -2.62. The number of halogens is 2. The maximum atomic E-state index is 14.0. The molecule has 5 fully saturated rings. The second-order valence-corrected chi connectivity index (χ2v) is 16.0. The van der Waals surface area contributed by atoms with Crippen LogP contribution in [-0.2, 0) is 22.1 Å². The molecule has 1 amide bonds. The molecule has 3 aromatic heterocycles. The van der Waals surface area contributed by atoms with Crippen LogP contribution in [0.5, 0.6) is 5.75 Å². The van der Waals surface area contributed by atoms with Crippen LogP contribution in [0, 0.1) is 11.8 Å². The van der Waals surface area contributed by atoms with Gasteiger partial charge in [0.2, 0.25) is 10.0 Å². The molecule has 2 N–H and O–H groups in total. The summed E-state index contributed by atoms with van der Waals surface area (Å²) in [4.78, 5) is 25.4. The number of benzene rings is 1. The number of likely N-dealkylation sites (tertiary alicyclic amines) is 1. The number of hydrogen-bond donors (Lipinski definition) is 1. The van der Waals surface area contributed by atoms with E-state index in [0.717, 1.165) is 62.4 Å². The van der Waals surface area contributed by atoms with Gasteiger partial charge in [0, 0.05) is 41.7 Å². The number of pyridine rings is 1. The number of carbonyl (C=O) groups excluding carboxylic acids is 1. The molecule has 1 saturated heterocycles. The van der Waals surface area contributed by atoms with Gasteiger partial charge >= 0.3 is 6.55 Å². The molecule has 2 bridgehead atoms. The Morgan fingerprint density at radius 3 is 2.49 bits per heavy atom. The van der Waals surface area contributed by atoms with Gasteiger partial charge in [-0.15, -0.1) is 0 Å². The van der Waals surface area contributed by atoms with Gasteiger partial charge in [-0.25, -0.2) is 18.4 Å². The van der Waals surface area contributed by atoms with Crippen LogP contribution < -0.4 is 14.8 Å². The van der Waals surface area contributed by atoms with Crippen molar-refractivity contribution in [3.05, 3.63) is 35.9 Å². The summed E-state index contributed by atoms with van der Waals surface area (Å²) in [7, 11) is -2.67. The van der Waals surface area contributed by atoms with Crippen molar-refractivity contribution in [2.24, 2.45) is 17.6 Å². The van der Waals surface area contributed by atoms with Crippen molar-refractivity contribution in [2.75, 3.05) is 24.2 Å². The zero-order chi connectivity index (χ0) is 33.0. The summed E-state index contributed by atoms with van der Waals surface area (Å²) < 4.78 is 62.9. The highest BCUT2D eigenvalue weighted by Gasteiger charge is 2.59. The van der Waals surface area contributed by atoms with Gasteiger partial charge in [-0.1, -0.05) is 0 Å². The fraction of sp³-hybridized carbons (Fsp3) is 0.545. The molecule has 0 spiro atoms. The van der Waals surface area contributed by atoms with Crippen molar-refractivity contribution in [2.45, 2.75) is 82.6 Å². The topological polar surface area (TPSA) is 129 Å². The molecule has 5 aliphatic rings. The number of alkyl halides is 2. The molecule has 47 heavy (non-hydrogen) atoms. The van der Waals surface area contributed by atoms with Crippen LogP contribution in [0.15, 0.2) is 30.3 Å². The van der Waals surface area contributed by atoms with E-state index < -0.39 is 16.6 Å². The molecule has 0 radical (unpaired) electrons. The molecule has 1 aliphatic heterocycles. The summed E-state index contributed by atoms with van der Waals surface area (Å²) >= 11 is 0. The molecule has 1 aromatic carbocycles. The first-order valence-electron chi connectivity index (χ1n) is 16.3. The molecule has 11 nitrogen and oxygen atoms in total. The first kappa shape index (κ1) is 30.5. The Bertz CT molecular complexity index is 2020. The van der Waals surface area contributed by atoms with Crippen LogP contribution in [0.4, 0.5) is 14.6 Å². The Morgan fingerprint density at radius 1 is 1.13 bits per heavy atom. The average molecular weight is 668 g/mol. The first-order valence-corrected chi connectivity index (χ1v) is 18.2. The van der Waals surface area contributed by atoms with Crippen molar-refractivity contribution in [3.8, 4) is 17.3 Å². The van der Waals surface area contributed by atoms with E-state index in [4.69, 9.17) is 15.5 Å². The summed E-state index contributed by atoms with van der Waals surface area (Å²) in [6.45, 7) is -0.148. The molecular weight excluding hydrogens is 628 g/mol. The van der Waals surface area contributed by atoms with Gasteiger partial charge < -0.3 is 24.5 Å². The van der Waals surface area contributed by atoms with E-state index in [1.165, 1.54) is 6.07 Å². The van der Waals surface area contributed by atoms with Crippen LogP contribution >= 0.6 is 0 Å². The van der Waals surface area contributed by atoms with Gasteiger partial charge in [0.1, 0.15) is 22.7 Å². The predicted octanol–water partition coefficient (Wildman–Crippen LogP) is 4.92. The minimum Gasteiger partial charge on any atom is -0.494 e. The van der Waals surface area contributed by atoms with Gasteiger partial charge in [0.15, 0.2) is 5.82 Å². The van der Waals surface area contributed by atoms with Crippen molar-refractivity contribution in [1.82, 2.24) is 24.0 Å². The van der Waals surface area contributed by atoms with E-state index >= 15 is 0 Å². The maximum Gasteiger partial charge on any atom is 0.329 e. The number of amides is 1. The summed E-state index contributed by atoms with van der Waals surface area (Å²) in [5.74, 6) is 1.87. The molecule has 4 aromatic rings. The van der Waals surface area contributed by atoms with Crippen molar-refractivity contribution >= 4 is 43.8 Å². The number of imidazole rings is 1. The second kappa shape index (κ2) is 10.6. The first-order chi connectivity index (χ1) is 22.4. The lowest BCUT2D eigenvalue weighted by molar-refractivity contribution is -0.0848. The van der Waals surface area contributed by atoms with Crippen LogP contribution in [0.1, 0.15) is 62.2 Å². The number of sulfonamides is 1. The number of ether oxygens (including phenoxy) is 1. The van der Waals surface area contributed by atoms with E-state index in [1.54, 1.807) is 13.2 Å². The van der Waals surface area contributed by atoms with E-state index in [9.17, 15) is 22.0 Å². The van der Waals surface area contributed by atoms with E-state index in [-0.39, 0.29) is 33.7 Å². The molecule has 4 heterocycles. The Labute approximate surface area is 271 Å². The van der Waals surface area contributed by atoms with Gasteiger partial charge in [-0.2, -0.15) is 13.1 Å². The molecule has 4 aliphatic carbocycles. The molecule has 9 rings (SSSR count). The number of piperidine rings is 1. The highest BCUT2D eigenvalue weighted by Crippen LogP contribution is 2.64. The fourth-order valence-corrected chi connectivity index (χ4v) is 8.69. The normalized spacial score (nSPS) is 25.7. The Balaban J connectivity index is 1.32. The number of carbonyl (C=O) groups is 1. The number of nitrogens with zero attached hydrogens (tertiary/aromatic N) is 6. The maximum absolute atomic E-state index is 14.0. The Morgan fingerprint density at radius 2 is 1.87 bits per heavy atom. The third-order valence-corrected chi connectivity index (χ3v) is 11.8. The lowest BCUT2D eigenvalue weighted by atomic mass is 9.49. The highest BCUT2D eigenvalue weighted by atomic mass is 32.2. The standard InChI is InChI=1S/C33H39F2N7O4S/c1-18-4-8-23(36)17-39(18)31(43)22-10-24-28(26(12-22)46-2)41(33-13-20(14-33)15-33)30(37-24)25-11-21-7-9-27(42(32(34)35)47(3,44)45)38-29(21)40(25)16-19-5-6-19/h7,9-12,18-20,23,32H,4-6,8,13-17,36H2,1-3H3/t18-,20?,23+,33?/m0/s1. The van der Waals surface area contributed by atoms with E-state index in [2.05, 4.69) is 9.55 Å². The quantitative estimate of drug-likeness (QED) is 0.251. The Hall–Kier alpha value is -3.78. The summed E-state index contributed by atoms with van der Waals surface area (Å²) in [5, 5.41) is 0.696. The number of fused-ring (bicyclic) bond motifs is 2. The number of hydrogen-bond acceptors (Lipinski definition) is 7. The highest BCUT2D eigenvalue weighted by molar-refractivity contribution is 7.92.